The van der Waals surface area contributed by atoms with Crippen LogP contribution in [-0.2, 0) is 9.53 Å². The molecule has 0 aliphatic carbocycles. The number of carbonyl (C=O) groups excluding carboxylic acids is 2. The van der Waals surface area contributed by atoms with Crippen LogP contribution in [0.4, 0.5) is 11.4 Å². The average molecular weight is 346 g/mol. The van der Waals surface area contributed by atoms with Crippen LogP contribution in [-0.4, -0.2) is 23.4 Å². The van der Waals surface area contributed by atoms with Gasteiger partial charge < -0.3 is 14.5 Å². The number of nitrogens with zero attached hydrogens (tertiary/aromatic N) is 1. The van der Waals surface area contributed by atoms with Gasteiger partial charge in [0, 0.05) is 6.07 Å². The first-order valence-corrected chi connectivity index (χ1v) is 7.49. The van der Waals surface area contributed by atoms with Crippen molar-refractivity contribution in [3.63, 3.8) is 0 Å². The maximum absolute atomic E-state index is 12.0. The number of hydrogen-bond donors (Lipinski definition) is 1. The third kappa shape index (κ3) is 4.03. The summed E-state index contributed by atoms with van der Waals surface area (Å²) in [5.74, 6) is -0.407. The molecule has 0 bridgehead atoms. The maximum atomic E-state index is 12.0. The highest BCUT2D eigenvalue weighted by atomic mass is 16.6. The van der Waals surface area contributed by atoms with E-state index in [1.807, 2.05) is 0 Å². The first-order chi connectivity index (χ1) is 11.7. The summed E-state index contributed by atoms with van der Waals surface area (Å²) in [6, 6.07) is 4.44. The summed E-state index contributed by atoms with van der Waals surface area (Å²) in [4.78, 5) is 34.5. The number of carbonyl (C=O) groups is 2. The van der Waals surface area contributed by atoms with E-state index in [4.69, 9.17) is 9.15 Å². The monoisotopic (exact) mass is 346 g/mol. The average Bonchev–Trinajstić information content (AvgIpc) is 2.88. The molecule has 2 aromatic rings. The Labute approximate surface area is 143 Å². The largest absolute Gasteiger partial charge is 0.466 e. The highest BCUT2D eigenvalue weighted by Gasteiger charge is 2.21. The molecule has 8 heteroatoms. The summed E-state index contributed by atoms with van der Waals surface area (Å²) >= 11 is 0. The van der Waals surface area contributed by atoms with Crippen LogP contribution in [0, 0.1) is 37.8 Å². The lowest BCUT2D eigenvalue weighted by Gasteiger charge is -2.11. The van der Waals surface area contributed by atoms with Crippen LogP contribution in [0.1, 0.15) is 33.0 Å². The van der Waals surface area contributed by atoms with Gasteiger partial charge in [-0.05, 0) is 44.9 Å². The van der Waals surface area contributed by atoms with E-state index in [0.717, 1.165) is 5.56 Å². The molecular weight excluding hydrogens is 328 g/mol. The normalized spacial score (nSPS) is 10.4. The van der Waals surface area contributed by atoms with Crippen LogP contribution in [0.15, 0.2) is 22.6 Å². The Kier molecular flexibility index (Phi) is 5.21. The minimum Gasteiger partial charge on any atom is -0.466 e. The summed E-state index contributed by atoms with van der Waals surface area (Å²) < 4.78 is 10.2. The number of esters is 1. The number of nitro benzene ring substituents is 1. The van der Waals surface area contributed by atoms with Gasteiger partial charge >= 0.3 is 5.97 Å². The van der Waals surface area contributed by atoms with E-state index in [-0.39, 0.29) is 16.9 Å². The molecule has 1 heterocycles. The zero-order chi connectivity index (χ0) is 18.7. The lowest BCUT2D eigenvalue weighted by atomic mass is 10.1. The Balaban J connectivity index is 2.08. The van der Waals surface area contributed by atoms with Crippen LogP contribution >= 0.6 is 0 Å². The van der Waals surface area contributed by atoms with Crippen LogP contribution in [0.2, 0.25) is 0 Å². The smallest absolute Gasteiger partial charge is 0.342 e. The van der Waals surface area contributed by atoms with Crippen LogP contribution in [0.25, 0.3) is 0 Å². The van der Waals surface area contributed by atoms with Gasteiger partial charge in [0.15, 0.2) is 6.61 Å². The van der Waals surface area contributed by atoms with Gasteiger partial charge in [0.2, 0.25) is 0 Å². The molecule has 0 radical (unpaired) electrons. The molecule has 1 aromatic carbocycles. The number of amides is 1. The highest BCUT2D eigenvalue weighted by Crippen LogP contribution is 2.30. The number of furan rings is 1. The van der Waals surface area contributed by atoms with Crippen molar-refractivity contribution >= 4 is 23.3 Å². The Morgan fingerprint density at radius 3 is 2.48 bits per heavy atom. The Morgan fingerprint density at radius 1 is 1.24 bits per heavy atom. The summed E-state index contributed by atoms with van der Waals surface area (Å²) in [6.07, 6.45) is 0. The van der Waals surface area contributed by atoms with Gasteiger partial charge in [-0.25, -0.2) is 4.79 Å². The van der Waals surface area contributed by atoms with E-state index in [1.54, 1.807) is 33.8 Å². The van der Waals surface area contributed by atoms with E-state index < -0.39 is 23.4 Å². The molecule has 132 valence electrons. The molecular formula is C17H18N2O6. The van der Waals surface area contributed by atoms with Gasteiger partial charge in [0.25, 0.3) is 11.6 Å². The lowest BCUT2D eigenvalue weighted by molar-refractivity contribution is -0.384. The molecule has 0 atom stereocenters. The van der Waals surface area contributed by atoms with Gasteiger partial charge in [-0.1, -0.05) is 6.07 Å². The summed E-state index contributed by atoms with van der Waals surface area (Å²) in [5.41, 5.74) is 1.49. The molecule has 0 fully saturated rings. The topological polar surface area (TPSA) is 112 Å². The molecule has 25 heavy (non-hydrogen) atoms. The minimum atomic E-state index is -0.694. The van der Waals surface area contributed by atoms with Gasteiger partial charge in [-0.3, -0.25) is 14.9 Å². The fourth-order valence-electron chi connectivity index (χ4n) is 2.33. The first kappa shape index (κ1) is 18.2. The molecule has 0 spiro atoms. The fraction of sp³-hybridized carbons (Fsp3) is 0.294. The third-order valence-electron chi connectivity index (χ3n) is 3.77. The molecule has 0 unspecified atom stereocenters. The Hall–Kier alpha value is -3.16. The summed E-state index contributed by atoms with van der Waals surface area (Å²) in [5, 5.41) is 13.6. The second kappa shape index (κ2) is 7.16. The van der Waals surface area contributed by atoms with E-state index in [1.165, 1.54) is 12.1 Å². The summed E-state index contributed by atoms with van der Waals surface area (Å²) in [6.45, 7) is 6.19. The highest BCUT2D eigenvalue weighted by molar-refractivity contribution is 5.97. The molecule has 1 amide bonds. The number of hydrogen-bond acceptors (Lipinski definition) is 6. The van der Waals surface area contributed by atoms with Crippen molar-refractivity contribution in [3.8, 4) is 0 Å². The molecule has 8 nitrogen and oxygen atoms in total. The predicted molar refractivity (Wildman–Crippen MR) is 89.7 cm³/mol. The predicted octanol–water partition coefficient (Wildman–Crippen LogP) is 3.22. The molecule has 0 saturated carbocycles. The van der Waals surface area contributed by atoms with Crippen molar-refractivity contribution in [1.82, 2.24) is 0 Å². The van der Waals surface area contributed by atoms with Crippen LogP contribution < -0.4 is 5.32 Å². The quantitative estimate of drug-likeness (QED) is 0.505. The number of nitrogens with one attached hydrogen (secondary N) is 1. The van der Waals surface area contributed by atoms with Crippen molar-refractivity contribution in [2.45, 2.75) is 27.7 Å². The van der Waals surface area contributed by atoms with Crippen LogP contribution in [0.3, 0.4) is 0 Å². The van der Waals surface area contributed by atoms with Crippen LogP contribution in [0.5, 0.6) is 0 Å². The third-order valence-corrected chi connectivity index (χ3v) is 3.77. The molecule has 1 aromatic heterocycles. The SMILES string of the molecule is Cc1cc(C(=O)OCC(=O)Nc2c([N+](=O)[O-])ccc(C)c2C)c(C)o1. The number of ether oxygens (including phenoxy) is 1. The van der Waals surface area contributed by atoms with Gasteiger partial charge in [0.05, 0.1) is 4.92 Å². The van der Waals surface area contributed by atoms with Crippen molar-refractivity contribution in [2.24, 2.45) is 0 Å². The van der Waals surface area contributed by atoms with Gasteiger partial charge in [-0.2, -0.15) is 0 Å². The number of benzene rings is 1. The zero-order valence-corrected chi connectivity index (χ0v) is 14.3. The number of aryl methyl sites for hydroxylation is 3. The number of nitro groups is 1. The maximum Gasteiger partial charge on any atom is 0.342 e. The lowest BCUT2D eigenvalue weighted by Crippen LogP contribution is -2.22. The minimum absolute atomic E-state index is 0.0985. The van der Waals surface area contributed by atoms with Crippen molar-refractivity contribution in [2.75, 3.05) is 11.9 Å². The second-order valence-electron chi connectivity index (χ2n) is 5.61. The van der Waals surface area contributed by atoms with E-state index in [2.05, 4.69) is 5.32 Å². The number of anilines is 1. The number of rotatable bonds is 5. The standard InChI is InChI=1S/C17H18N2O6/c1-9-5-6-14(19(22)23)16(11(9)3)18-15(20)8-24-17(21)13-7-10(2)25-12(13)4/h5-7H,8H2,1-4H3,(H,18,20). The Morgan fingerprint density at radius 2 is 1.92 bits per heavy atom. The molecule has 0 aliphatic heterocycles. The summed E-state index contributed by atoms with van der Waals surface area (Å²) in [7, 11) is 0. The first-order valence-electron chi connectivity index (χ1n) is 7.49. The van der Waals surface area contributed by atoms with Crippen molar-refractivity contribution in [1.29, 1.82) is 0 Å². The molecule has 1 N–H and O–H groups in total. The second-order valence-corrected chi connectivity index (χ2v) is 5.61. The van der Waals surface area contributed by atoms with Gasteiger partial charge in [-0.15, -0.1) is 0 Å². The van der Waals surface area contributed by atoms with E-state index in [0.29, 0.717) is 17.1 Å². The van der Waals surface area contributed by atoms with E-state index >= 15 is 0 Å². The molecule has 2 rings (SSSR count). The van der Waals surface area contributed by atoms with E-state index in [9.17, 15) is 19.7 Å². The van der Waals surface area contributed by atoms with Crippen molar-refractivity contribution in [3.05, 3.63) is 56.5 Å². The Bertz CT molecular complexity index is 853. The fourth-order valence-corrected chi connectivity index (χ4v) is 2.33. The zero-order valence-electron chi connectivity index (χ0n) is 14.3. The molecule has 0 aliphatic rings. The molecule has 0 saturated heterocycles. The van der Waals surface area contributed by atoms with Crippen molar-refractivity contribution < 1.29 is 23.7 Å². The van der Waals surface area contributed by atoms with Gasteiger partial charge in [0.1, 0.15) is 22.8 Å².